The normalized spacial score (nSPS) is 11.9. The predicted molar refractivity (Wildman–Crippen MR) is 79.7 cm³/mol. The molecular formula is C15H18N4O3. The first-order valence-corrected chi connectivity index (χ1v) is 7.09. The van der Waals surface area contributed by atoms with Gasteiger partial charge in [-0.1, -0.05) is 13.3 Å². The lowest BCUT2D eigenvalue weighted by Gasteiger charge is -2.12. The van der Waals surface area contributed by atoms with Gasteiger partial charge in [0.1, 0.15) is 5.69 Å². The summed E-state index contributed by atoms with van der Waals surface area (Å²) in [4.78, 5) is 27.2. The second-order valence-electron chi connectivity index (χ2n) is 4.88. The van der Waals surface area contributed by atoms with E-state index in [1.807, 2.05) is 6.92 Å². The molecule has 1 amide bonds. The van der Waals surface area contributed by atoms with Crippen LogP contribution < -0.4 is 5.32 Å². The molecule has 0 fully saturated rings. The Morgan fingerprint density at radius 3 is 2.86 bits per heavy atom. The highest BCUT2D eigenvalue weighted by Crippen LogP contribution is 2.08. The van der Waals surface area contributed by atoms with Crippen molar-refractivity contribution in [3.05, 3.63) is 42.5 Å². The summed E-state index contributed by atoms with van der Waals surface area (Å²) >= 11 is 0. The van der Waals surface area contributed by atoms with Crippen LogP contribution >= 0.6 is 0 Å². The highest BCUT2D eigenvalue weighted by Gasteiger charge is 2.18. The number of rotatable bonds is 7. The van der Waals surface area contributed by atoms with Gasteiger partial charge >= 0.3 is 5.97 Å². The number of aliphatic carboxylic acids is 1. The van der Waals surface area contributed by atoms with Crippen LogP contribution in [0.5, 0.6) is 0 Å². The summed E-state index contributed by atoms with van der Waals surface area (Å²) in [5.74, 6) is -1.87. The molecule has 2 rings (SSSR count). The number of nitrogens with zero attached hydrogens (tertiary/aromatic N) is 3. The fraction of sp³-hybridized carbons (Fsp3) is 0.333. The first-order valence-electron chi connectivity index (χ1n) is 7.09. The summed E-state index contributed by atoms with van der Waals surface area (Å²) in [5, 5.41) is 15.8. The van der Waals surface area contributed by atoms with E-state index in [1.54, 1.807) is 35.3 Å². The number of carbonyl (C=O) groups is 2. The summed E-state index contributed by atoms with van der Waals surface area (Å²) < 4.78 is 1.62. The van der Waals surface area contributed by atoms with E-state index >= 15 is 0 Å². The van der Waals surface area contributed by atoms with Crippen molar-refractivity contribution in [2.24, 2.45) is 5.92 Å². The van der Waals surface area contributed by atoms with Crippen LogP contribution in [-0.4, -0.2) is 38.3 Å². The lowest BCUT2D eigenvalue weighted by Crippen LogP contribution is -2.33. The molecule has 0 saturated heterocycles. The van der Waals surface area contributed by atoms with Crippen molar-refractivity contribution in [3.8, 4) is 5.69 Å². The molecule has 1 unspecified atom stereocenters. The van der Waals surface area contributed by atoms with E-state index in [0.29, 0.717) is 12.1 Å². The van der Waals surface area contributed by atoms with Crippen LogP contribution in [0.4, 0.5) is 0 Å². The van der Waals surface area contributed by atoms with E-state index in [4.69, 9.17) is 5.11 Å². The third kappa shape index (κ3) is 3.91. The molecular weight excluding hydrogens is 284 g/mol. The molecule has 2 heterocycles. The largest absolute Gasteiger partial charge is 0.481 e. The molecule has 0 aliphatic heterocycles. The molecule has 0 aliphatic carbocycles. The Balaban J connectivity index is 2.04. The maximum absolute atomic E-state index is 12.1. The van der Waals surface area contributed by atoms with Gasteiger partial charge in [-0.3, -0.25) is 14.6 Å². The first-order chi connectivity index (χ1) is 10.6. The lowest BCUT2D eigenvalue weighted by atomic mass is 10.0. The van der Waals surface area contributed by atoms with Gasteiger partial charge in [0.25, 0.3) is 5.91 Å². The Bertz CT molecular complexity index is 640. The van der Waals surface area contributed by atoms with Crippen LogP contribution in [0.25, 0.3) is 5.69 Å². The van der Waals surface area contributed by atoms with Crippen molar-refractivity contribution in [2.45, 2.75) is 19.8 Å². The quantitative estimate of drug-likeness (QED) is 0.807. The van der Waals surface area contributed by atoms with Crippen LogP contribution in [-0.2, 0) is 4.79 Å². The number of aromatic nitrogens is 3. The summed E-state index contributed by atoms with van der Waals surface area (Å²) in [5.41, 5.74) is 0.946. The number of nitrogens with one attached hydrogen (secondary N) is 1. The van der Waals surface area contributed by atoms with Crippen molar-refractivity contribution in [2.75, 3.05) is 6.54 Å². The van der Waals surface area contributed by atoms with Crippen molar-refractivity contribution < 1.29 is 14.7 Å². The van der Waals surface area contributed by atoms with Crippen LogP contribution in [0.1, 0.15) is 30.3 Å². The molecule has 7 nitrogen and oxygen atoms in total. The van der Waals surface area contributed by atoms with E-state index < -0.39 is 17.8 Å². The van der Waals surface area contributed by atoms with Crippen LogP contribution in [0, 0.1) is 5.92 Å². The number of carbonyl (C=O) groups excluding carboxylic acids is 1. The van der Waals surface area contributed by atoms with Gasteiger partial charge in [-0.15, -0.1) is 0 Å². The molecule has 116 valence electrons. The molecule has 2 aromatic rings. The van der Waals surface area contributed by atoms with E-state index in [9.17, 15) is 9.59 Å². The SMILES string of the molecule is CCCC(CNC(=O)c1cc(-n2cccn2)ccn1)C(=O)O. The number of hydrogen-bond donors (Lipinski definition) is 2. The molecule has 1 atom stereocenters. The van der Waals surface area contributed by atoms with Gasteiger partial charge in [-0.05, 0) is 24.6 Å². The summed E-state index contributed by atoms with van der Waals surface area (Å²) in [6, 6.07) is 5.13. The fourth-order valence-electron chi connectivity index (χ4n) is 2.08. The molecule has 0 spiro atoms. The molecule has 2 aromatic heterocycles. The topological polar surface area (TPSA) is 97.1 Å². The minimum Gasteiger partial charge on any atom is -0.481 e. The zero-order valence-corrected chi connectivity index (χ0v) is 12.3. The van der Waals surface area contributed by atoms with E-state index in [0.717, 1.165) is 6.42 Å². The summed E-state index contributed by atoms with van der Waals surface area (Å²) in [7, 11) is 0. The highest BCUT2D eigenvalue weighted by molar-refractivity contribution is 5.93. The van der Waals surface area contributed by atoms with Gasteiger partial charge in [0.2, 0.25) is 0 Å². The zero-order chi connectivity index (χ0) is 15.9. The van der Waals surface area contributed by atoms with Crippen molar-refractivity contribution >= 4 is 11.9 Å². The summed E-state index contributed by atoms with van der Waals surface area (Å²) in [6.45, 7) is 2.00. The van der Waals surface area contributed by atoms with Gasteiger partial charge in [-0.25, -0.2) is 4.68 Å². The van der Waals surface area contributed by atoms with E-state index in [2.05, 4.69) is 15.4 Å². The maximum Gasteiger partial charge on any atom is 0.308 e. The highest BCUT2D eigenvalue weighted by atomic mass is 16.4. The Labute approximate surface area is 128 Å². The molecule has 0 bridgehead atoms. The smallest absolute Gasteiger partial charge is 0.308 e. The van der Waals surface area contributed by atoms with Crippen molar-refractivity contribution in [1.82, 2.24) is 20.1 Å². The third-order valence-electron chi connectivity index (χ3n) is 3.24. The fourth-order valence-corrected chi connectivity index (χ4v) is 2.08. The van der Waals surface area contributed by atoms with Crippen LogP contribution in [0.3, 0.4) is 0 Å². The monoisotopic (exact) mass is 302 g/mol. The maximum atomic E-state index is 12.1. The Hall–Kier alpha value is -2.70. The number of hydrogen-bond acceptors (Lipinski definition) is 4. The number of carboxylic acids is 1. The zero-order valence-electron chi connectivity index (χ0n) is 12.3. The van der Waals surface area contributed by atoms with Gasteiger partial charge in [0, 0.05) is 25.1 Å². The average molecular weight is 302 g/mol. The Morgan fingerprint density at radius 1 is 1.41 bits per heavy atom. The molecule has 0 saturated carbocycles. The lowest BCUT2D eigenvalue weighted by molar-refractivity contribution is -0.141. The Kier molecular flexibility index (Phi) is 5.24. The molecule has 0 aliphatic rings. The number of carboxylic acid groups (broad SMARTS) is 1. The minimum absolute atomic E-state index is 0.0929. The van der Waals surface area contributed by atoms with Crippen LogP contribution in [0.2, 0.25) is 0 Å². The molecule has 22 heavy (non-hydrogen) atoms. The molecule has 2 N–H and O–H groups in total. The van der Waals surface area contributed by atoms with Gasteiger partial charge in [0.05, 0.1) is 11.6 Å². The molecule has 0 radical (unpaired) electrons. The van der Waals surface area contributed by atoms with Crippen molar-refractivity contribution in [1.29, 1.82) is 0 Å². The summed E-state index contributed by atoms with van der Waals surface area (Å²) in [6.07, 6.45) is 6.20. The minimum atomic E-state index is -0.902. The Morgan fingerprint density at radius 2 is 2.23 bits per heavy atom. The molecule has 7 heteroatoms. The predicted octanol–water partition coefficient (Wildman–Crippen LogP) is 1.50. The van der Waals surface area contributed by atoms with Gasteiger partial charge in [-0.2, -0.15) is 5.10 Å². The second-order valence-corrected chi connectivity index (χ2v) is 4.88. The number of amides is 1. The van der Waals surface area contributed by atoms with Crippen LogP contribution in [0.15, 0.2) is 36.8 Å². The third-order valence-corrected chi connectivity index (χ3v) is 3.24. The average Bonchev–Trinajstić information content (AvgIpc) is 3.05. The first kappa shape index (κ1) is 15.7. The molecule has 0 aromatic carbocycles. The van der Waals surface area contributed by atoms with Gasteiger partial charge in [0.15, 0.2) is 0 Å². The standard InChI is InChI=1S/C15H18N4O3/c1-2-4-11(15(21)22)10-17-14(20)13-9-12(5-7-16-13)19-8-3-6-18-19/h3,5-9,11H,2,4,10H2,1H3,(H,17,20)(H,21,22). The van der Waals surface area contributed by atoms with E-state index in [-0.39, 0.29) is 12.2 Å². The second kappa shape index (κ2) is 7.35. The van der Waals surface area contributed by atoms with Crippen molar-refractivity contribution in [3.63, 3.8) is 0 Å². The van der Waals surface area contributed by atoms with Gasteiger partial charge < -0.3 is 10.4 Å². The van der Waals surface area contributed by atoms with E-state index in [1.165, 1.54) is 6.20 Å². The number of pyridine rings is 1.